The first-order valence-electron chi connectivity index (χ1n) is 3.97. The second-order valence-electron chi connectivity index (χ2n) is 2.14. The third-order valence-corrected chi connectivity index (χ3v) is 1.17. The lowest BCUT2D eigenvalue weighted by Gasteiger charge is -1.76. The minimum atomic E-state index is 0. The van der Waals surface area contributed by atoms with E-state index in [9.17, 15) is 0 Å². The molecule has 0 nitrogen and oxygen atoms in total. The Morgan fingerprint density at radius 2 is 1.42 bits per heavy atom. The molecule has 0 fully saturated rings. The smallest absolute Gasteiger partial charge is 0.0166 e. The molecule has 12 heavy (non-hydrogen) atoms. The van der Waals surface area contributed by atoms with Crippen LogP contribution in [0.1, 0.15) is 20.3 Å². The van der Waals surface area contributed by atoms with E-state index in [4.69, 9.17) is 0 Å². The lowest BCUT2D eigenvalue weighted by atomic mass is 10.3. The molecule has 1 heteroatoms. The van der Waals surface area contributed by atoms with Crippen molar-refractivity contribution in [1.82, 2.24) is 0 Å². The van der Waals surface area contributed by atoms with Crippen LogP contribution >= 0.6 is 12.4 Å². The molecule has 0 bridgehead atoms. The van der Waals surface area contributed by atoms with Gasteiger partial charge in [0.25, 0.3) is 0 Å². The topological polar surface area (TPSA) is 0 Å². The van der Waals surface area contributed by atoms with E-state index in [1.54, 1.807) is 0 Å². The Labute approximate surface area is 81.8 Å². The summed E-state index contributed by atoms with van der Waals surface area (Å²) in [5, 5.41) is 0. The largest absolute Gasteiger partial charge is 0.147 e. The van der Waals surface area contributed by atoms with Crippen LogP contribution in [0.2, 0.25) is 0 Å². The fourth-order valence-electron chi connectivity index (χ4n) is 0.611. The lowest BCUT2D eigenvalue weighted by molar-refractivity contribution is 1.38. The zero-order valence-corrected chi connectivity index (χ0v) is 8.55. The zero-order chi connectivity index (χ0) is 8.36. The number of hydrogen-bond donors (Lipinski definition) is 0. The first-order chi connectivity index (χ1) is 5.41. The van der Waals surface area contributed by atoms with Crippen molar-refractivity contribution in [2.45, 2.75) is 20.3 Å². The number of hydrogen-bond acceptors (Lipinski definition) is 0. The molecule has 68 valence electrons. The molecule has 0 aromatic carbocycles. The van der Waals surface area contributed by atoms with Gasteiger partial charge in [-0.05, 0) is 20.3 Å². The van der Waals surface area contributed by atoms with Crippen LogP contribution in [0.5, 0.6) is 0 Å². The average Bonchev–Trinajstić information content (AvgIpc) is 2.03. The fourth-order valence-corrected chi connectivity index (χ4v) is 0.611. The fraction of sp³-hybridized carbons (Fsp3) is 0.273. The Morgan fingerprint density at radius 3 is 2.00 bits per heavy atom. The van der Waals surface area contributed by atoms with Crippen LogP contribution in [0.4, 0.5) is 0 Å². The van der Waals surface area contributed by atoms with E-state index in [1.165, 1.54) is 0 Å². The van der Waals surface area contributed by atoms with Crippen molar-refractivity contribution in [3.05, 3.63) is 48.6 Å². The molecule has 0 unspecified atom stereocenters. The highest BCUT2D eigenvalue weighted by atomic mass is 35.5. The zero-order valence-electron chi connectivity index (χ0n) is 7.73. The maximum absolute atomic E-state index is 2.12. The highest BCUT2D eigenvalue weighted by molar-refractivity contribution is 5.85. The van der Waals surface area contributed by atoms with Gasteiger partial charge in [-0.3, -0.25) is 0 Å². The summed E-state index contributed by atoms with van der Waals surface area (Å²) < 4.78 is 0. The maximum Gasteiger partial charge on any atom is -0.0166 e. The SMILES string of the molecule is CC=CC=CC=CCC=CC.Cl. The van der Waals surface area contributed by atoms with E-state index in [1.807, 2.05) is 38.2 Å². The van der Waals surface area contributed by atoms with Gasteiger partial charge < -0.3 is 0 Å². The Hall–Kier alpha value is -0.750. The van der Waals surface area contributed by atoms with Gasteiger partial charge >= 0.3 is 0 Å². The quantitative estimate of drug-likeness (QED) is 0.457. The molecule has 0 aliphatic heterocycles. The van der Waals surface area contributed by atoms with Crippen LogP contribution in [-0.4, -0.2) is 0 Å². The molecule has 0 N–H and O–H groups in total. The Bertz CT molecular complexity index is 173. The second kappa shape index (κ2) is 12.9. The van der Waals surface area contributed by atoms with Gasteiger partial charge in [0, 0.05) is 0 Å². The molecule has 0 saturated carbocycles. The van der Waals surface area contributed by atoms with Gasteiger partial charge in [0.15, 0.2) is 0 Å². The molecule has 0 amide bonds. The summed E-state index contributed by atoms with van der Waals surface area (Å²) in [5.41, 5.74) is 0. The Balaban J connectivity index is 0. The molecule has 0 aliphatic rings. The van der Waals surface area contributed by atoms with Gasteiger partial charge in [-0.25, -0.2) is 0 Å². The van der Waals surface area contributed by atoms with Crippen molar-refractivity contribution < 1.29 is 0 Å². The van der Waals surface area contributed by atoms with E-state index in [-0.39, 0.29) is 12.4 Å². The molecule has 0 aliphatic carbocycles. The van der Waals surface area contributed by atoms with Crippen LogP contribution in [0.3, 0.4) is 0 Å². The van der Waals surface area contributed by atoms with Crippen molar-refractivity contribution >= 4 is 12.4 Å². The summed E-state index contributed by atoms with van der Waals surface area (Å²) >= 11 is 0. The van der Waals surface area contributed by atoms with Crippen LogP contribution in [0.25, 0.3) is 0 Å². The minimum absolute atomic E-state index is 0. The van der Waals surface area contributed by atoms with Gasteiger partial charge in [-0.2, -0.15) is 0 Å². The standard InChI is InChI=1S/C11H16.ClH/c1-3-5-7-9-11-10-8-6-4-2;/h3-7,9-11H,8H2,1-2H3;1H. The molecular weight excluding hydrogens is 168 g/mol. The highest BCUT2D eigenvalue weighted by Crippen LogP contribution is 1.86. The van der Waals surface area contributed by atoms with E-state index in [0.29, 0.717) is 0 Å². The van der Waals surface area contributed by atoms with Crippen molar-refractivity contribution in [3.63, 3.8) is 0 Å². The molecule has 0 atom stereocenters. The van der Waals surface area contributed by atoms with Crippen molar-refractivity contribution in [2.75, 3.05) is 0 Å². The van der Waals surface area contributed by atoms with Crippen LogP contribution in [0.15, 0.2) is 48.6 Å². The van der Waals surface area contributed by atoms with Crippen LogP contribution < -0.4 is 0 Å². The van der Waals surface area contributed by atoms with Crippen molar-refractivity contribution in [3.8, 4) is 0 Å². The van der Waals surface area contributed by atoms with Crippen LogP contribution in [0, 0.1) is 0 Å². The highest BCUT2D eigenvalue weighted by Gasteiger charge is 1.65. The summed E-state index contributed by atoms with van der Waals surface area (Å²) in [6.45, 7) is 4.04. The van der Waals surface area contributed by atoms with Gasteiger partial charge in [0.2, 0.25) is 0 Å². The Kier molecular flexibility index (Phi) is 14.8. The summed E-state index contributed by atoms with van der Waals surface area (Å²) in [6, 6.07) is 0. The second-order valence-corrected chi connectivity index (χ2v) is 2.14. The predicted octanol–water partition coefficient (Wildman–Crippen LogP) is 4.06. The molecule has 0 aromatic heterocycles. The first kappa shape index (κ1) is 13.8. The molecular formula is C11H17Cl. The molecule has 0 heterocycles. The number of rotatable bonds is 4. The summed E-state index contributed by atoms with van der Waals surface area (Å²) in [7, 11) is 0. The van der Waals surface area contributed by atoms with Crippen molar-refractivity contribution in [1.29, 1.82) is 0 Å². The van der Waals surface area contributed by atoms with Gasteiger partial charge in [-0.1, -0.05) is 48.6 Å². The minimum Gasteiger partial charge on any atom is -0.147 e. The Morgan fingerprint density at radius 1 is 0.750 bits per heavy atom. The maximum atomic E-state index is 2.12. The number of allylic oxidation sites excluding steroid dienone is 8. The van der Waals surface area contributed by atoms with E-state index >= 15 is 0 Å². The monoisotopic (exact) mass is 184 g/mol. The summed E-state index contributed by atoms with van der Waals surface area (Å²) in [6.07, 6.45) is 17.5. The molecule has 0 aromatic rings. The van der Waals surface area contributed by atoms with E-state index in [0.717, 1.165) is 6.42 Å². The normalized spacial score (nSPS) is 12.2. The van der Waals surface area contributed by atoms with E-state index in [2.05, 4.69) is 24.3 Å². The predicted molar refractivity (Wildman–Crippen MR) is 59.8 cm³/mol. The van der Waals surface area contributed by atoms with E-state index < -0.39 is 0 Å². The molecule has 0 spiro atoms. The summed E-state index contributed by atoms with van der Waals surface area (Å²) in [4.78, 5) is 0. The molecule has 0 radical (unpaired) electrons. The van der Waals surface area contributed by atoms with Gasteiger partial charge in [0.05, 0.1) is 0 Å². The third kappa shape index (κ3) is 12.0. The molecule has 0 rings (SSSR count). The van der Waals surface area contributed by atoms with Gasteiger partial charge in [0.1, 0.15) is 0 Å². The first-order valence-corrected chi connectivity index (χ1v) is 3.97. The van der Waals surface area contributed by atoms with Crippen molar-refractivity contribution in [2.24, 2.45) is 0 Å². The average molecular weight is 185 g/mol. The summed E-state index contributed by atoms with van der Waals surface area (Å²) in [5.74, 6) is 0. The lowest BCUT2D eigenvalue weighted by Crippen LogP contribution is -1.55. The van der Waals surface area contributed by atoms with Crippen LogP contribution in [-0.2, 0) is 0 Å². The number of halogens is 1. The third-order valence-electron chi connectivity index (χ3n) is 1.17. The molecule has 0 saturated heterocycles. The van der Waals surface area contributed by atoms with Gasteiger partial charge in [-0.15, -0.1) is 12.4 Å².